The Morgan fingerprint density at radius 3 is 3.11 bits per heavy atom. The molecule has 4 heterocycles. The smallest absolute Gasteiger partial charge is 0.274 e. The second kappa shape index (κ2) is 6.96. The van der Waals surface area contributed by atoms with E-state index in [1.54, 1.807) is 29.2 Å². The van der Waals surface area contributed by atoms with Crippen molar-refractivity contribution in [3.8, 4) is 6.07 Å². The van der Waals surface area contributed by atoms with Gasteiger partial charge in [-0.3, -0.25) is 4.79 Å². The van der Waals surface area contributed by atoms with Crippen LogP contribution in [0.3, 0.4) is 0 Å². The van der Waals surface area contributed by atoms with Crippen LogP contribution in [0.1, 0.15) is 27.9 Å². The minimum Gasteiger partial charge on any atom is -0.379 e. The van der Waals surface area contributed by atoms with Gasteiger partial charge in [-0.1, -0.05) is 11.8 Å². The molecule has 0 aliphatic carbocycles. The Morgan fingerprint density at radius 1 is 1.52 bits per heavy atom. The highest BCUT2D eigenvalue weighted by atomic mass is 32.2. The molecule has 3 atom stereocenters. The Hall–Kier alpha value is -2.41. The number of rotatable bonds is 3. The van der Waals surface area contributed by atoms with Gasteiger partial charge in [-0.25, -0.2) is 9.98 Å². The van der Waals surface area contributed by atoms with Crippen molar-refractivity contribution in [1.29, 1.82) is 5.26 Å². The van der Waals surface area contributed by atoms with E-state index in [1.165, 1.54) is 12.3 Å². The summed E-state index contributed by atoms with van der Waals surface area (Å²) in [5.41, 5.74) is 6.88. The molecule has 2 aromatic rings. The Morgan fingerprint density at radius 2 is 2.37 bits per heavy atom. The maximum atomic E-state index is 12.4. The molecule has 1 fully saturated rings. The van der Waals surface area contributed by atoms with Crippen LogP contribution in [0.4, 0.5) is 5.69 Å². The number of anilines is 1. The molecule has 3 unspecified atom stereocenters. The summed E-state index contributed by atoms with van der Waals surface area (Å²) in [7, 11) is 0. The molecular formula is C18H17N5O2S2. The van der Waals surface area contributed by atoms with Gasteiger partial charge in [0.1, 0.15) is 17.3 Å². The van der Waals surface area contributed by atoms with Crippen LogP contribution in [-0.4, -0.2) is 34.5 Å². The van der Waals surface area contributed by atoms with Crippen molar-refractivity contribution < 1.29 is 9.53 Å². The van der Waals surface area contributed by atoms with Gasteiger partial charge in [0.2, 0.25) is 0 Å². The van der Waals surface area contributed by atoms with Gasteiger partial charge >= 0.3 is 0 Å². The number of nitrogens with zero attached hydrogens (tertiary/aromatic N) is 3. The van der Waals surface area contributed by atoms with E-state index in [1.807, 2.05) is 17.5 Å². The number of thiophene rings is 1. The van der Waals surface area contributed by atoms with Gasteiger partial charge in [-0.15, -0.1) is 11.3 Å². The molecule has 2 aromatic heterocycles. The molecule has 7 nitrogen and oxygen atoms in total. The fraction of sp³-hybridized carbons (Fsp3) is 0.333. The number of amidine groups is 1. The minimum absolute atomic E-state index is 0.109. The predicted molar refractivity (Wildman–Crippen MR) is 106 cm³/mol. The van der Waals surface area contributed by atoms with E-state index >= 15 is 0 Å². The molecule has 2 aliphatic rings. The van der Waals surface area contributed by atoms with Crippen molar-refractivity contribution in [3.63, 3.8) is 0 Å². The number of nitrogens with one attached hydrogen (secondary N) is 1. The zero-order valence-electron chi connectivity index (χ0n) is 14.5. The molecule has 2 aliphatic heterocycles. The summed E-state index contributed by atoms with van der Waals surface area (Å²) >= 11 is 3.10. The van der Waals surface area contributed by atoms with Crippen molar-refractivity contribution in [1.82, 2.24) is 4.98 Å². The monoisotopic (exact) mass is 399 g/mol. The van der Waals surface area contributed by atoms with E-state index in [9.17, 15) is 4.79 Å². The van der Waals surface area contributed by atoms with E-state index in [2.05, 4.69) is 17.2 Å². The van der Waals surface area contributed by atoms with Crippen LogP contribution in [0.2, 0.25) is 0 Å². The second-order valence-corrected chi connectivity index (χ2v) is 8.46. The standard InChI is InChI=1S/C18H17N5O2S2/c1-10-13-8-27-17(20)23-18(13,9-25-10)15-4-12(7-26-15)22-16(24)14-3-2-11(5-19)6-21-14/h2-4,6-7,10,13H,8-9H2,1H3,(H2,20,23)(H,22,24). The first-order valence-electron chi connectivity index (χ1n) is 8.38. The van der Waals surface area contributed by atoms with E-state index < -0.39 is 5.54 Å². The molecule has 0 saturated carbocycles. The number of amides is 1. The van der Waals surface area contributed by atoms with Gasteiger partial charge in [0.25, 0.3) is 5.91 Å². The zero-order chi connectivity index (χ0) is 19.0. The maximum absolute atomic E-state index is 12.4. The first kappa shape index (κ1) is 18.0. The summed E-state index contributed by atoms with van der Waals surface area (Å²) in [6.07, 6.45) is 1.49. The molecule has 4 rings (SSSR count). The number of aliphatic imine (C=N–C) groups is 1. The molecule has 1 saturated heterocycles. The molecule has 138 valence electrons. The normalized spacial score (nSPS) is 26.7. The Balaban J connectivity index is 1.57. The first-order chi connectivity index (χ1) is 13.0. The summed E-state index contributed by atoms with van der Waals surface area (Å²) in [5, 5.41) is 14.1. The number of nitriles is 1. The number of nitrogens with two attached hydrogens (primary N) is 1. The van der Waals surface area contributed by atoms with Crippen molar-refractivity contribution >= 4 is 39.9 Å². The first-order valence-corrected chi connectivity index (χ1v) is 10.2. The fourth-order valence-corrected chi connectivity index (χ4v) is 5.55. The average Bonchev–Trinajstić information content (AvgIpc) is 3.27. The molecule has 27 heavy (non-hydrogen) atoms. The van der Waals surface area contributed by atoms with Gasteiger partial charge in [-0.05, 0) is 25.1 Å². The predicted octanol–water partition coefficient (Wildman–Crippen LogP) is 2.56. The van der Waals surface area contributed by atoms with Crippen molar-refractivity contribution in [2.75, 3.05) is 17.7 Å². The highest BCUT2D eigenvalue weighted by molar-refractivity contribution is 8.13. The van der Waals surface area contributed by atoms with Crippen LogP contribution >= 0.6 is 23.1 Å². The average molecular weight is 400 g/mol. The fourth-order valence-electron chi connectivity index (χ4n) is 3.39. The number of carbonyl (C=O) groups excluding carboxylic acids is 1. The number of hydrogen-bond donors (Lipinski definition) is 2. The lowest BCUT2D eigenvalue weighted by Crippen LogP contribution is -2.40. The molecule has 0 spiro atoms. The molecule has 3 N–H and O–H groups in total. The minimum atomic E-state index is -0.477. The molecule has 1 amide bonds. The van der Waals surface area contributed by atoms with Gasteiger partial charge in [0.15, 0.2) is 5.17 Å². The maximum Gasteiger partial charge on any atom is 0.274 e. The topological polar surface area (TPSA) is 113 Å². The lowest BCUT2D eigenvalue weighted by Gasteiger charge is -2.33. The van der Waals surface area contributed by atoms with Crippen molar-refractivity contribution in [2.45, 2.75) is 18.6 Å². The van der Waals surface area contributed by atoms with Crippen molar-refractivity contribution in [3.05, 3.63) is 45.9 Å². The van der Waals surface area contributed by atoms with Gasteiger partial charge < -0.3 is 15.8 Å². The van der Waals surface area contributed by atoms with Crippen LogP contribution in [0.5, 0.6) is 0 Å². The third-order valence-corrected chi connectivity index (χ3v) is 6.89. The number of fused-ring (bicyclic) bond motifs is 1. The van der Waals surface area contributed by atoms with E-state index in [4.69, 9.17) is 20.7 Å². The highest BCUT2D eigenvalue weighted by Gasteiger charge is 2.52. The molecule has 0 radical (unpaired) electrons. The SMILES string of the molecule is CC1OCC2(c3cc(NC(=O)c4ccc(C#N)cn4)cs3)N=C(N)SCC12. The Bertz CT molecular complexity index is 949. The van der Waals surface area contributed by atoms with Gasteiger partial charge in [-0.2, -0.15) is 5.26 Å². The van der Waals surface area contributed by atoms with Gasteiger partial charge in [0, 0.05) is 28.1 Å². The molecule has 9 heteroatoms. The van der Waals surface area contributed by atoms with E-state index in [-0.39, 0.29) is 23.6 Å². The summed E-state index contributed by atoms with van der Waals surface area (Å²) in [4.78, 5) is 22.2. The highest BCUT2D eigenvalue weighted by Crippen LogP contribution is 2.49. The number of hydrogen-bond acceptors (Lipinski definition) is 8. The summed E-state index contributed by atoms with van der Waals surface area (Å²) in [6.45, 7) is 2.56. The molecule has 0 aromatic carbocycles. The third kappa shape index (κ3) is 3.20. The number of thioether (sulfide) groups is 1. The number of aromatic nitrogens is 1. The van der Waals surface area contributed by atoms with E-state index in [0.29, 0.717) is 23.0 Å². The number of pyridine rings is 1. The summed E-state index contributed by atoms with van der Waals surface area (Å²) < 4.78 is 5.89. The van der Waals surface area contributed by atoms with Crippen LogP contribution in [0, 0.1) is 17.2 Å². The number of carbonyl (C=O) groups is 1. The summed E-state index contributed by atoms with van der Waals surface area (Å²) in [5.74, 6) is 0.791. The van der Waals surface area contributed by atoms with Crippen LogP contribution in [0.25, 0.3) is 0 Å². The lowest BCUT2D eigenvalue weighted by molar-refractivity contribution is 0.102. The van der Waals surface area contributed by atoms with Crippen LogP contribution in [-0.2, 0) is 10.3 Å². The van der Waals surface area contributed by atoms with Crippen molar-refractivity contribution in [2.24, 2.45) is 16.6 Å². The molecule has 0 bridgehead atoms. The van der Waals surface area contributed by atoms with Crippen LogP contribution < -0.4 is 11.1 Å². The lowest BCUT2D eigenvalue weighted by atomic mass is 9.84. The Labute approximate surface area is 164 Å². The second-order valence-electron chi connectivity index (χ2n) is 6.51. The van der Waals surface area contributed by atoms with Gasteiger partial charge in [0.05, 0.1) is 24.0 Å². The Kier molecular flexibility index (Phi) is 4.63. The molecular weight excluding hydrogens is 382 g/mol. The zero-order valence-corrected chi connectivity index (χ0v) is 16.1. The van der Waals surface area contributed by atoms with E-state index in [0.717, 1.165) is 10.6 Å². The number of ether oxygens (including phenoxy) is 1. The third-order valence-electron chi connectivity index (χ3n) is 4.88. The largest absolute Gasteiger partial charge is 0.379 e. The quantitative estimate of drug-likeness (QED) is 0.820. The van der Waals surface area contributed by atoms with Crippen LogP contribution in [0.15, 0.2) is 34.8 Å². The summed E-state index contributed by atoms with van der Waals surface area (Å²) in [6, 6.07) is 7.02.